The number of benzene rings is 3. The second kappa shape index (κ2) is 12.2. The first kappa shape index (κ1) is 28.6. The molecule has 0 saturated carbocycles. The predicted octanol–water partition coefficient (Wildman–Crippen LogP) is 3.25. The molecule has 3 aromatic rings. The highest BCUT2D eigenvalue weighted by Gasteiger charge is 2.27. The zero-order valence-corrected chi connectivity index (χ0v) is 23.4. The number of hydrogen-bond donors (Lipinski definition) is 1. The van der Waals surface area contributed by atoms with Crippen molar-refractivity contribution in [3.8, 4) is 5.75 Å². The number of carbonyl (C=O) groups excluding carboxylic acids is 1. The highest BCUT2D eigenvalue weighted by atomic mass is 32.2. The third kappa shape index (κ3) is 6.59. The van der Waals surface area contributed by atoms with Crippen LogP contribution in [0.15, 0.2) is 82.6 Å². The van der Waals surface area contributed by atoms with Gasteiger partial charge in [0.2, 0.25) is 10.0 Å². The van der Waals surface area contributed by atoms with Gasteiger partial charge in [-0.25, -0.2) is 16.8 Å². The number of nitrogens with one attached hydrogen (secondary N) is 1. The monoisotopic (exact) mass is 573 g/mol. The zero-order valence-electron chi connectivity index (χ0n) is 21.7. The average molecular weight is 574 g/mol. The summed E-state index contributed by atoms with van der Waals surface area (Å²) >= 11 is 0. The summed E-state index contributed by atoms with van der Waals surface area (Å²) in [6.45, 7) is 4.65. The summed E-state index contributed by atoms with van der Waals surface area (Å²) in [7, 11) is -7.50. The number of nitrogens with zero attached hydrogens (tertiary/aromatic N) is 2. The minimum absolute atomic E-state index is 0.0830. The van der Waals surface area contributed by atoms with E-state index in [9.17, 15) is 21.6 Å². The topological polar surface area (TPSA) is 122 Å². The van der Waals surface area contributed by atoms with Gasteiger partial charge in [-0.3, -0.25) is 9.10 Å². The Morgan fingerprint density at radius 2 is 1.59 bits per heavy atom. The highest BCUT2D eigenvalue weighted by Crippen LogP contribution is 2.26. The molecular formula is C27H31N3O7S2. The van der Waals surface area contributed by atoms with Crippen molar-refractivity contribution in [2.24, 2.45) is 0 Å². The number of hydrogen-bond acceptors (Lipinski definition) is 7. The van der Waals surface area contributed by atoms with Crippen LogP contribution in [0.25, 0.3) is 0 Å². The number of rotatable bonds is 10. The van der Waals surface area contributed by atoms with Crippen LogP contribution in [0.3, 0.4) is 0 Å². The van der Waals surface area contributed by atoms with E-state index < -0.39 is 26.0 Å². The van der Waals surface area contributed by atoms with E-state index in [1.807, 2.05) is 6.07 Å². The lowest BCUT2D eigenvalue weighted by molar-refractivity contribution is -0.118. The highest BCUT2D eigenvalue weighted by molar-refractivity contribution is 7.92. The van der Waals surface area contributed by atoms with Crippen molar-refractivity contribution in [3.05, 3.63) is 78.4 Å². The Morgan fingerprint density at radius 1 is 0.949 bits per heavy atom. The number of amides is 1. The summed E-state index contributed by atoms with van der Waals surface area (Å²) in [6, 6.07) is 19.2. The van der Waals surface area contributed by atoms with E-state index in [1.54, 1.807) is 44.2 Å². The summed E-state index contributed by atoms with van der Waals surface area (Å²) < 4.78 is 65.7. The molecule has 4 rings (SSSR count). The molecule has 0 bridgehead atoms. The van der Waals surface area contributed by atoms with Crippen LogP contribution in [0.5, 0.6) is 5.75 Å². The molecule has 1 amide bonds. The zero-order chi connectivity index (χ0) is 28.0. The van der Waals surface area contributed by atoms with E-state index in [1.165, 1.54) is 45.0 Å². The van der Waals surface area contributed by atoms with Crippen molar-refractivity contribution in [2.45, 2.75) is 23.6 Å². The largest absolute Gasteiger partial charge is 0.484 e. The minimum Gasteiger partial charge on any atom is -0.484 e. The summed E-state index contributed by atoms with van der Waals surface area (Å²) in [5, 5.41) is 2.70. The number of carbonyl (C=O) groups is 1. The molecule has 1 fully saturated rings. The maximum Gasteiger partial charge on any atom is 0.264 e. The number of aryl methyl sites for hydroxylation is 1. The van der Waals surface area contributed by atoms with Crippen LogP contribution in [-0.4, -0.2) is 66.5 Å². The van der Waals surface area contributed by atoms with Crippen LogP contribution in [0.1, 0.15) is 12.5 Å². The number of anilines is 2. The van der Waals surface area contributed by atoms with Crippen molar-refractivity contribution >= 4 is 37.3 Å². The molecule has 1 saturated heterocycles. The Bertz CT molecular complexity index is 1500. The average Bonchev–Trinajstić information content (AvgIpc) is 2.94. The van der Waals surface area contributed by atoms with Crippen molar-refractivity contribution < 1.29 is 31.1 Å². The van der Waals surface area contributed by atoms with Gasteiger partial charge < -0.3 is 14.8 Å². The fourth-order valence-electron chi connectivity index (χ4n) is 4.09. The van der Waals surface area contributed by atoms with E-state index >= 15 is 0 Å². The fourth-order valence-corrected chi connectivity index (χ4v) is 7.00. The van der Waals surface area contributed by atoms with E-state index in [0.717, 1.165) is 0 Å². The van der Waals surface area contributed by atoms with Crippen molar-refractivity contribution in [1.29, 1.82) is 0 Å². The maximum absolute atomic E-state index is 13.1. The van der Waals surface area contributed by atoms with Crippen LogP contribution >= 0.6 is 0 Å². The van der Waals surface area contributed by atoms with Crippen molar-refractivity contribution in [1.82, 2.24) is 4.31 Å². The molecule has 0 spiro atoms. The van der Waals surface area contributed by atoms with Gasteiger partial charge in [-0.05, 0) is 67.9 Å². The Kier molecular flexibility index (Phi) is 8.90. The number of morpholine rings is 1. The third-order valence-corrected chi connectivity index (χ3v) is 10.0. The van der Waals surface area contributed by atoms with Gasteiger partial charge in [0.05, 0.1) is 28.7 Å². The predicted molar refractivity (Wildman–Crippen MR) is 148 cm³/mol. The van der Waals surface area contributed by atoms with Crippen LogP contribution < -0.4 is 14.4 Å². The lowest BCUT2D eigenvalue weighted by Crippen LogP contribution is -2.40. The molecule has 10 nitrogen and oxygen atoms in total. The molecule has 1 N–H and O–H groups in total. The Labute approximate surface area is 229 Å². The SMILES string of the molecule is CCN(c1ccccc1)S(=O)(=O)c1ccc(OCC(=O)Nc2cc(S(=O)(=O)N3CCOCC3)ccc2C)cc1. The molecule has 0 atom stereocenters. The Morgan fingerprint density at radius 3 is 2.23 bits per heavy atom. The van der Waals surface area contributed by atoms with Gasteiger partial charge in [0.25, 0.3) is 15.9 Å². The van der Waals surface area contributed by atoms with Gasteiger partial charge >= 0.3 is 0 Å². The molecule has 12 heteroatoms. The van der Waals surface area contributed by atoms with E-state index in [-0.39, 0.29) is 36.0 Å². The second-order valence-corrected chi connectivity index (χ2v) is 12.6. The summed E-state index contributed by atoms with van der Waals surface area (Å²) in [4.78, 5) is 12.8. The molecule has 39 heavy (non-hydrogen) atoms. The maximum atomic E-state index is 13.1. The Balaban J connectivity index is 1.40. The lowest BCUT2D eigenvalue weighted by Gasteiger charge is -2.26. The van der Waals surface area contributed by atoms with Gasteiger partial charge in [-0.15, -0.1) is 0 Å². The molecule has 1 aliphatic heterocycles. The van der Waals surface area contributed by atoms with Gasteiger partial charge in [0.1, 0.15) is 5.75 Å². The molecule has 0 aromatic heterocycles. The fraction of sp³-hybridized carbons (Fsp3) is 0.296. The summed E-state index contributed by atoms with van der Waals surface area (Å²) in [6.07, 6.45) is 0. The second-order valence-electron chi connectivity index (χ2n) is 8.81. The van der Waals surface area contributed by atoms with E-state index in [2.05, 4.69) is 5.32 Å². The van der Waals surface area contributed by atoms with Crippen LogP contribution in [0.4, 0.5) is 11.4 Å². The lowest BCUT2D eigenvalue weighted by atomic mass is 10.2. The standard InChI is InChI=1S/C27H31N3O7S2/c1-3-30(22-7-5-4-6-8-22)39(34,35)24-13-10-23(11-14-24)37-20-27(31)28-26-19-25(12-9-21(26)2)38(32,33)29-15-17-36-18-16-29/h4-14,19H,3,15-18,20H2,1-2H3,(H,28,31). The minimum atomic E-state index is -3.78. The molecule has 0 radical (unpaired) electrons. The summed E-state index contributed by atoms with van der Waals surface area (Å²) in [5.41, 5.74) is 1.62. The van der Waals surface area contributed by atoms with E-state index in [0.29, 0.717) is 35.9 Å². The smallest absolute Gasteiger partial charge is 0.264 e. The first-order valence-corrected chi connectivity index (χ1v) is 15.3. The molecule has 3 aromatic carbocycles. The first-order valence-electron chi connectivity index (χ1n) is 12.4. The van der Waals surface area contributed by atoms with Crippen molar-refractivity contribution in [3.63, 3.8) is 0 Å². The van der Waals surface area contributed by atoms with Gasteiger partial charge in [-0.1, -0.05) is 24.3 Å². The van der Waals surface area contributed by atoms with Gasteiger partial charge in [0, 0.05) is 25.3 Å². The molecule has 0 aliphatic carbocycles. The van der Waals surface area contributed by atoms with Crippen LogP contribution in [0, 0.1) is 6.92 Å². The molecule has 1 aliphatic rings. The number of ether oxygens (including phenoxy) is 2. The first-order chi connectivity index (χ1) is 18.6. The van der Waals surface area contributed by atoms with Crippen LogP contribution in [0.2, 0.25) is 0 Å². The van der Waals surface area contributed by atoms with Gasteiger partial charge in [0.15, 0.2) is 6.61 Å². The van der Waals surface area contributed by atoms with Gasteiger partial charge in [-0.2, -0.15) is 4.31 Å². The Hall–Kier alpha value is -3.45. The molecule has 0 unspecified atom stereocenters. The molecular weight excluding hydrogens is 542 g/mol. The third-order valence-electron chi connectivity index (χ3n) is 6.20. The van der Waals surface area contributed by atoms with Crippen molar-refractivity contribution in [2.75, 3.05) is 49.1 Å². The summed E-state index contributed by atoms with van der Waals surface area (Å²) in [5.74, 6) is -0.177. The van der Waals surface area contributed by atoms with Crippen LogP contribution in [-0.2, 0) is 29.6 Å². The van der Waals surface area contributed by atoms with E-state index in [4.69, 9.17) is 9.47 Å². The number of sulfonamides is 2. The number of para-hydroxylation sites is 1. The quantitative estimate of drug-likeness (QED) is 0.395. The molecule has 1 heterocycles. The normalized spacial score (nSPS) is 14.5. The molecule has 208 valence electrons.